The highest BCUT2D eigenvalue weighted by atomic mass is 16.4. The van der Waals surface area contributed by atoms with Gasteiger partial charge >= 0.3 is 17.9 Å². The number of aliphatic carboxylic acids is 3. The minimum atomic E-state index is -1.56. The summed E-state index contributed by atoms with van der Waals surface area (Å²) in [6.45, 7) is 2.97. The molecule has 4 amide bonds. The van der Waals surface area contributed by atoms with Gasteiger partial charge in [0.15, 0.2) is 5.96 Å². The molecule has 0 rings (SSSR count). The molecule has 4 atom stereocenters. The van der Waals surface area contributed by atoms with Gasteiger partial charge in [-0.3, -0.25) is 33.8 Å². The molecule has 18 nitrogen and oxygen atoms in total. The molecule has 0 aromatic rings. The van der Waals surface area contributed by atoms with Crippen LogP contribution in [0.15, 0.2) is 4.99 Å². The first-order valence-electron chi connectivity index (χ1n) is 12.7. The third-order valence-electron chi connectivity index (χ3n) is 5.36. The Morgan fingerprint density at radius 1 is 0.780 bits per heavy atom. The first-order chi connectivity index (χ1) is 19.0. The fraction of sp³-hybridized carbons (Fsp3) is 0.652. The van der Waals surface area contributed by atoms with Gasteiger partial charge in [0.25, 0.3) is 0 Å². The van der Waals surface area contributed by atoms with Gasteiger partial charge < -0.3 is 53.8 Å². The van der Waals surface area contributed by atoms with Crippen LogP contribution in [0.5, 0.6) is 0 Å². The number of hydrogen-bond donors (Lipinski definition) is 10. The van der Waals surface area contributed by atoms with Crippen LogP contribution in [0.1, 0.15) is 52.4 Å². The van der Waals surface area contributed by atoms with E-state index in [1.807, 2.05) is 13.8 Å². The number of carboxylic acids is 3. The van der Waals surface area contributed by atoms with E-state index in [-0.39, 0.29) is 37.7 Å². The lowest BCUT2D eigenvalue weighted by molar-refractivity contribution is -0.143. The maximum absolute atomic E-state index is 12.8. The Balaban J connectivity index is 5.40. The molecule has 0 aliphatic heterocycles. The van der Waals surface area contributed by atoms with E-state index in [4.69, 9.17) is 27.4 Å². The Bertz CT molecular complexity index is 983. The fourth-order valence-electron chi connectivity index (χ4n) is 3.38. The number of carbonyl (C=O) groups is 7. The molecule has 0 saturated heterocycles. The lowest BCUT2D eigenvalue weighted by atomic mass is 10.0. The molecule has 0 aliphatic rings. The zero-order valence-electron chi connectivity index (χ0n) is 22.9. The number of carboxylic acid groups (broad SMARTS) is 3. The zero-order valence-corrected chi connectivity index (χ0v) is 22.9. The van der Waals surface area contributed by atoms with E-state index in [0.717, 1.165) is 0 Å². The second-order valence-electron chi connectivity index (χ2n) is 9.51. The summed E-state index contributed by atoms with van der Waals surface area (Å²) < 4.78 is 0. The first kappa shape index (κ1) is 36.5. The third-order valence-corrected chi connectivity index (χ3v) is 5.36. The number of rotatable bonds is 20. The summed E-state index contributed by atoms with van der Waals surface area (Å²) in [6, 6.07) is -5.43. The van der Waals surface area contributed by atoms with Gasteiger partial charge in [-0.1, -0.05) is 13.8 Å². The fourth-order valence-corrected chi connectivity index (χ4v) is 3.38. The van der Waals surface area contributed by atoms with Crippen LogP contribution in [0, 0.1) is 5.92 Å². The van der Waals surface area contributed by atoms with Crippen molar-refractivity contribution in [1.82, 2.24) is 21.3 Å². The molecule has 0 unspecified atom stereocenters. The van der Waals surface area contributed by atoms with E-state index in [9.17, 15) is 38.7 Å². The number of guanidine groups is 1. The van der Waals surface area contributed by atoms with Gasteiger partial charge in [-0.05, 0) is 31.6 Å². The van der Waals surface area contributed by atoms with Crippen molar-refractivity contribution in [2.75, 3.05) is 13.1 Å². The number of hydrogen-bond acceptors (Lipinski definition) is 9. The van der Waals surface area contributed by atoms with E-state index < -0.39 is 91.5 Å². The number of nitrogens with two attached hydrogens (primary N) is 3. The average Bonchev–Trinajstić information content (AvgIpc) is 2.84. The quantitative estimate of drug-likeness (QED) is 0.0374. The van der Waals surface area contributed by atoms with Gasteiger partial charge in [0, 0.05) is 13.0 Å². The van der Waals surface area contributed by atoms with E-state index in [2.05, 4.69) is 26.3 Å². The average molecular weight is 589 g/mol. The maximum Gasteiger partial charge on any atom is 0.326 e. The van der Waals surface area contributed by atoms with Gasteiger partial charge in [0.2, 0.25) is 23.6 Å². The highest BCUT2D eigenvalue weighted by molar-refractivity contribution is 5.95. The first-order valence-corrected chi connectivity index (χ1v) is 12.7. The topological polar surface area (TPSA) is 319 Å². The molecule has 13 N–H and O–H groups in total. The molecule has 0 saturated carbocycles. The summed E-state index contributed by atoms with van der Waals surface area (Å²) in [5, 5.41) is 36.1. The molecule has 0 radical (unpaired) electrons. The van der Waals surface area contributed by atoms with Gasteiger partial charge in [0.1, 0.15) is 18.1 Å². The van der Waals surface area contributed by atoms with Crippen LogP contribution >= 0.6 is 0 Å². The molecule has 0 aromatic heterocycles. The molecule has 18 heteroatoms. The predicted molar refractivity (Wildman–Crippen MR) is 143 cm³/mol. The summed E-state index contributed by atoms with van der Waals surface area (Å²) in [6.07, 6.45) is -1.38. The molecular formula is C23H40N8O10. The number of nitrogens with one attached hydrogen (secondary N) is 4. The highest BCUT2D eigenvalue weighted by Gasteiger charge is 2.29. The van der Waals surface area contributed by atoms with Crippen molar-refractivity contribution in [1.29, 1.82) is 0 Å². The van der Waals surface area contributed by atoms with E-state index in [0.29, 0.717) is 0 Å². The van der Waals surface area contributed by atoms with Crippen LogP contribution in [0.2, 0.25) is 0 Å². The number of amides is 4. The summed E-state index contributed by atoms with van der Waals surface area (Å²) in [5.41, 5.74) is 16.3. The van der Waals surface area contributed by atoms with Crippen LogP contribution < -0.4 is 38.5 Å². The van der Waals surface area contributed by atoms with Crippen LogP contribution in [-0.4, -0.2) is 100 Å². The van der Waals surface area contributed by atoms with Crippen LogP contribution in [0.3, 0.4) is 0 Å². The van der Waals surface area contributed by atoms with Gasteiger partial charge in [-0.2, -0.15) is 0 Å². The van der Waals surface area contributed by atoms with Crippen molar-refractivity contribution in [2.24, 2.45) is 28.1 Å². The van der Waals surface area contributed by atoms with Crippen molar-refractivity contribution >= 4 is 47.5 Å². The highest BCUT2D eigenvalue weighted by Crippen LogP contribution is 2.05. The number of nitrogens with zero attached hydrogens (tertiary/aromatic N) is 1. The largest absolute Gasteiger partial charge is 0.481 e. The molecule has 0 spiro atoms. The van der Waals surface area contributed by atoms with Crippen LogP contribution in [-0.2, 0) is 33.6 Å². The second kappa shape index (κ2) is 18.7. The SMILES string of the molecule is CC(C)C[C@H](N)C(=O)N[C@H](CC(=O)O)C(=O)NCC(=O)N[C@@H](CCCN=C(N)N)C(=O)N[C@@H](CCC(=O)O)C(=O)O. The third kappa shape index (κ3) is 17.0. The molecule has 0 aliphatic carbocycles. The van der Waals surface area contributed by atoms with Gasteiger partial charge in [0.05, 0.1) is 19.0 Å². The van der Waals surface area contributed by atoms with E-state index in [1.54, 1.807) is 0 Å². The molecule has 232 valence electrons. The Kier molecular flexibility index (Phi) is 16.7. The molecule has 0 bridgehead atoms. The monoisotopic (exact) mass is 588 g/mol. The Morgan fingerprint density at radius 3 is 1.90 bits per heavy atom. The molecule has 41 heavy (non-hydrogen) atoms. The van der Waals surface area contributed by atoms with Crippen molar-refractivity contribution in [2.45, 2.75) is 76.5 Å². The van der Waals surface area contributed by atoms with Gasteiger partial charge in [-0.25, -0.2) is 4.79 Å². The van der Waals surface area contributed by atoms with E-state index >= 15 is 0 Å². The van der Waals surface area contributed by atoms with Crippen molar-refractivity contribution < 1.29 is 48.9 Å². The minimum Gasteiger partial charge on any atom is -0.481 e. The second-order valence-corrected chi connectivity index (χ2v) is 9.51. The Morgan fingerprint density at radius 2 is 1.39 bits per heavy atom. The molecular weight excluding hydrogens is 548 g/mol. The molecule has 0 heterocycles. The Labute approximate surface area is 235 Å². The predicted octanol–water partition coefficient (Wildman–Crippen LogP) is -3.59. The lowest BCUT2D eigenvalue weighted by Crippen LogP contribution is -2.55. The summed E-state index contributed by atoms with van der Waals surface area (Å²) >= 11 is 0. The number of aliphatic imine (C=N–C) groups is 1. The summed E-state index contributed by atoms with van der Waals surface area (Å²) in [5.74, 6) is -7.93. The summed E-state index contributed by atoms with van der Waals surface area (Å²) in [4.78, 5) is 87.4. The van der Waals surface area contributed by atoms with Crippen LogP contribution in [0.4, 0.5) is 0 Å². The number of carbonyl (C=O) groups excluding carboxylic acids is 4. The minimum absolute atomic E-state index is 0.0544. The van der Waals surface area contributed by atoms with Crippen molar-refractivity contribution in [3.63, 3.8) is 0 Å². The molecule has 0 fully saturated rings. The van der Waals surface area contributed by atoms with Gasteiger partial charge in [-0.15, -0.1) is 0 Å². The summed E-state index contributed by atoms with van der Waals surface area (Å²) in [7, 11) is 0. The maximum atomic E-state index is 12.8. The molecule has 0 aromatic carbocycles. The normalized spacial score (nSPS) is 13.6. The standard InChI is InChI=1S/C23H40N8O10/c1-11(2)8-12(24)19(37)31-15(9-18(35)36)20(38)28-10-16(32)29-13(4-3-7-27-23(25)26)21(39)30-14(22(40)41)5-6-17(33)34/h11-15H,3-10,24H2,1-2H3,(H,28,38)(H,29,32)(H,30,39)(H,31,37)(H,33,34)(H,35,36)(H,40,41)(H4,25,26,27)/t12-,13-,14-,15+/m0/s1. The van der Waals surface area contributed by atoms with Crippen molar-refractivity contribution in [3.8, 4) is 0 Å². The smallest absolute Gasteiger partial charge is 0.326 e. The van der Waals surface area contributed by atoms with E-state index in [1.165, 1.54) is 0 Å². The zero-order chi connectivity index (χ0) is 31.7. The lowest BCUT2D eigenvalue weighted by Gasteiger charge is -2.22. The van der Waals surface area contributed by atoms with Crippen LogP contribution in [0.25, 0.3) is 0 Å². The Hall–Kier alpha value is -4.48. The van der Waals surface area contributed by atoms with Crippen molar-refractivity contribution in [3.05, 3.63) is 0 Å².